The summed E-state index contributed by atoms with van der Waals surface area (Å²) in [6, 6.07) is 11.5. The molecule has 0 fully saturated rings. The third-order valence-electron chi connectivity index (χ3n) is 5.77. The van der Waals surface area contributed by atoms with Crippen LogP contribution in [0.5, 0.6) is 0 Å². The number of benzene rings is 1. The smallest absolute Gasteiger partial charge is 0.261 e. The summed E-state index contributed by atoms with van der Waals surface area (Å²) in [5.74, 6) is 1.38. The van der Waals surface area contributed by atoms with E-state index in [0.717, 1.165) is 16.6 Å². The van der Waals surface area contributed by atoms with E-state index < -0.39 is 0 Å². The molecular formula is C24H24N8O2S. The summed E-state index contributed by atoms with van der Waals surface area (Å²) < 4.78 is 3.35. The molecule has 178 valence electrons. The van der Waals surface area contributed by atoms with E-state index in [0.29, 0.717) is 46.7 Å². The van der Waals surface area contributed by atoms with Crippen LogP contribution in [0.2, 0.25) is 0 Å². The number of carbonyl (C=O) groups is 1. The lowest BCUT2D eigenvalue weighted by Gasteiger charge is -2.09. The van der Waals surface area contributed by atoms with E-state index in [1.165, 1.54) is 11.8 Å². The Kier molecular flexibility index (Phi) is 6.08. The molecule has 4 heterocycles. The van der Waals surface area contributed by atoms with Gasteiger partial charge in [0.25, 0.3) is 5.56 Å². The van der Waals surface area contributed by atoms with Gasteiger partial charge in [0.2, 0.25) is 5.91 Å². The van der Waals surface area contributed by atoms with Gasteiger partial charge in [0.05, 0.1) is 23.3 Å². The predicted molar refractivity (Wildman–Crippen MR) is 133 cm³/mol. The van der Waals surface area contributed by atoms with Gasteiger partial charge < -0.3 is 14.9 Å². The van der Waals surface area contributed by atoms with Gasteiger partial charge in [-0.25, -0.2) is 9.97 Å². The zero-order valence-corrected chi connectivity index (χ0v) is 20.4. The number of nitrogens with zero attached hydrogens (tertiary/aromatic N) is 6. The summed E-state index contributed by atoms with van der Waals surface area (Å²) >= 11 is 1.29. The van der Waals surface area contributed by atoms with Crippen molar-refractivity contribution in [3.8, 4) is 0 Å². The number of pyridine rings is 1. The molecule has 0 bridgehead atoms. The molecule has 2 N–H and O–H groups in total. The van der Waals surface area contributed by atoms with Crippen molar-refractivity contribution in [3.05, 3.63) is 81.4 Å². The maximum atomic E-state index is 13.0. The number of aromatic amines is 1. The van der Waals surface area contributed by atoms with Crippen LogP contribution in [0.15, 0.2) is 52.5 Å². The third-order valence-corrected chi connectivity index (χ3v) is 6.79. The first-order valence-corrected chi connectivity index (χ1v) is 12.1. The molecule has 5 rings (SSSR count). The number of carbonyl (C=O) groups excluding carboxylic acids is 1. The highest BCUT2D eigenvalue weighted by Crippen LogP contribution is 2.18. The summed E-state index contributed by atoms with van der Waals surface area (Å²) in [6.07, 6.45) is 2.04. The van der Waals surface area contributed by atoms with Crippen LogP contribution in [0, 0.1) is 13.8 Å². The number of aromatic nitrogens is 7. The molecule has 0 atom stereocenters. The topological polar surface area (TPSA) is 123 Å². The molecule has 0 aliphatic heterocycles. The maximum Gasteiger partial charge on any atom is 0.261 e. The van der Waals surface area contributed by atoms with E-state index in [9.17, 15) is 9.59 Å². The average Bonchev–Trinajstić information content (AvgIpc) is 3.41. The van der Waals surface area contributed by atoms with Gasteiger partial charge >= 0.3 is 0 Å². The number of rotatable bonds is 7. The van der Waals surface area contributed by atoms with Crippen LogP contribution in [-0.2, 0) is 24.8 Å². The minimum Gasteiger partial charge on any atom is -0.348 e. The summed E-state index contributed by atoms with van der Waals surface area (Å²) in [5.41, 5.74) is 4.59. The van der Waals surface area contributed by atoms with Gasteiger partial charge in [0.1, 0.15) is 17.3 Å². The van der Waals surface area contributed by atoms with E-state index >= 15 is 0 Å². The number of aryl methyl sites for hydroxylation is 2. The fraction of sp³-hybridized carbons (Fsp3) is 0.250. The van der Waals surface area contributed by atoms with Gasteiger partial charge in [-0.05, 0) is 43.7 Å². The van der Waals surface area contributed by atoms with Crippen LogP contribution < -0.4 is 10.9 Å². The molecule has 0 spiro atoms. The Morgan fingerprint density at radius 1 is 1.14 bits per heavy atom. The van der Waals surface area contributed by atoms with Crippen LogP contribution in [0.25, 0.3) is 16.7 Å². The lowest BCUT2D eigenvalue weighted by atomic mass is 10.1. The Morgan fingerprint density at radius 3 is 2.80 bits per heavy atom. The molecule has 0 aliphatic rings. The normalized spacial score (nSPS) is 11.4. The Balaban J connectivity index is 1.23. The molecule has 0 aliphatic carbocycles. The van der Waals surface area contributed by atoms with Crippen molar-refractivity contribution < 1.29 is 4.79 Å². The second-order valence-corrected chi connectivity index (χ2v) is 9.26. The molecule has 0 radical (unpaired) electrons. The number of nitrogens with one attached hydrogen (secondary N) is 2. The maximum absolute atomic E-state index is 13.0. The molecule has 0 saturated heterocycles. The number of amides is 1. The van der Waals surface area contributed by atoms with Crippen LogP contribution in [0.1, 0.15) is 28.5 Å². The number of fused-ring (bicyclic) bond motifs is 2. The highest BCUT2D eigenvalue weighted by Gasteiger charge is 2.17. The monoisotopic (exact) mass is 488 g/mol. The second kappa shape index (κ2) is 9.34. The standard InChI is InChI=1S/C24H24N8O2S/c1-14-8-9-32-20(10-14)26-15(2)16(23(32)34)11-21-29-30-24(31(21)3)35-13-22(33)25-12-19-27-17-6-4-5-7-18(17)28-19/h4-10H,11-13H2,1-3H3,(H,25,33)(H,27,28). The number of hydrogen-bond donors (Lipinski definition) is 2. The molecule has 35 heavy (non-hydrogen) atoms. The van der Waals surface area contributed by atoms with Crippen LogP contribution in [0.3, 0.4) is 0 Å². The van der Waals surface area contributed by atoms with Crippen molar-refractivity contribution in [2.75, 3.05) is 5.75 Å². The predicted octanol–water partition coefficient (Wildman–Crippen LogP) is 2.32. The van der Waals surface area contributed by atoms with Crippen molar-refractivity contribution in [2.45, 2.75) is 32.0 Å². The van der Waals surface area contributed by atoms with Crippen molar-refractivity contribution in [3.63, 3.8) is 0 Å². The first-order valence-electron chi connectivity index (χ1n) is 11.1. The van der Waals surface area contributed by atoms with Gasteiger partial charge in [-0.3, -0.25) is 14.0 Å². The van der Waals surface area contributed by atoms with E-state index in [4.69, 9.17) is 0 Å². The van der Waals surface area contributed by atoms with Gasteiger partial charge in [-0.2, -0.15) is 0 Å². The fourth-order valence-corrected chi connectivity index (χ4v) is 4.59. The zero-order chi connectivity index (χ0) is 24.5. The number of thioether (sulfide) groups is 1. The fourth-order valence-electron chi connectivity index (χ4n) is 3.83. The summed E-state index contributed by atoms with van der Waals surface area (Å²) in [6.45, 7) is 4.11. The van der Waals surface area contributed by atoms with Crippen molar-refractivity contribution in [1.29, 1.82) is 0 Å². The molecular weight excluding hydrogens is 464 g/mol. The second-order valence-electron chi connectivity index (χ2n) is 8.31. The Labute approximate surface area is 204 Å². The number of para-hydroxylation sites is 2. The van der Waals surface area contributed by atoms with Crippen molar-refractivity contribution in [1.82, 2.24) is 39.4 Å². The van der Waals surface area contributed by atoms with E-state index in [-0.39, 0.29) is 17.2 Å². The molecule has 1 amide bonds. The molecule has 5 aromatic rings. The van der Waals surface area contributed by atoms with Crippen LogP contribution in [-0.4, -0.2) is 45.8 Å². The Morgan fingerprint density at radius 2 is 1.97 bits per heavy atom. The molecule has 0 unspecified atom stereocenters. The summed E-state index contributed by atoms with van der Waals surface area (Å²) in [5, 5.41) is 11.9. The molecule has 10 nitrogen and oxygen atoms in total. The minimum atomic E-state index is -0.136. The van der Waals surface area contributed by atoms with E-state index in [1.807, 2.05) is 57.3 Å². The number of H-pyrrole nitrogens is 1. The molecule has 4 aromatic heterocycles. The SMILES string of the molecule is Cc1ccn2c(=O)c(Cc3nnc(SCC(=O)NCc4nc5ccccc5[nH]4)n3C)c(C)nc2c1. The van der Waals surface area contributed by atoms with Gasteiger partial charge in [-0.15, -0.1) is 10.2 Å². The summed E-state index contributed by atoms with van der Waals surface area (Å²) in [7, 11) is 1.83. The lowest BCUT2D eigenvalue weighted by Crippen LogP contribution is -2.25. The van der Waals surface area contributed by atoms with Gasteiger partial charge in [-0.1, -0.05) is 23.9 Å². The van der Waals surface area contributed by atoms with Crippen LogP contribution in [0.4, 0.5) is 0 Å². The largest absolute Gasteiger partial charge is 0.348 e. The molecule has 0 saturated carbocycles. The molecule has 11 heteroatoms. The number of imidazole rings is 1. The summed E-state index contributed by atoms with van der Waals surface area (Å²) in [4.78, 5) is 37.7. The van der Waals surface area contributed by atoms with Crippen molar-refractivity contribution >= 4 is 34.3 Å². The highest BCUT2D eigenvalue weighted by molar-refractivity contribution is 7.99. The third kappa shape index (κ3) is 4.67. The number of hydrogen-bond acceptors (Lipinski definition) is 7. The van der Waals surface area contributed by atoms with Gasteiger partial charge in [0.15, 0.2) is 5.16 Å². The quantitative estimate of drug-likeness (QED) is 0.337. The van der Waals surface area contributed by atoms with E-state index in [2.05, 4.69) is 30.5 Å². The highest BCUT2D eigenvalue weighted by atomic mass is 32.2. The first kappa shape index (κ1) is 22.8. The van der Waals surface area contributed by atoms with Crippen molar-refractivity contribution in [2.24, 2.45) is 7.05 Å². The van der Waals surface area contributed by atoms with Gasteiger partial charge in [0, 0.05) is 30.9 Å². The Bertz CT molecular complexity index is 1580. The Hall–Kier alpha value is -3.99. The van der Waals surface area contributed by atoms with E-state index in [1.54, 1.807) is 15.2 Å². The first-order chi connectivity index (χ1) is 16.9. The molecule has 1 aromatic carbocycles. The van der Waals surface area contributed by atoms with Crippen LogP contribution >= 0.6 is 11.8 Å². The minimum absolute atomic E-state index is 0.116. The lowest BCUT2D eigenvalue weighted by molar-refractivity contribution is -0.118. The zero-order valence-electron chi connectivity index (χ0n) is 19.6. The average molecular weight is 489 g/mol.